The van der Waals surface area contributed by atoms with Gasteiger partial charge in [-0.2, -0.15) is 13.9 Å². The van der Waals surface area contributed by atoms with Crippen molar-refractivity contribution in [2.75, 3.05) is 44.9 Å². The molecule has 2 unspecified atom stereocenters. The molecule has 6 N–H and O–H groups in total. The molecule has 3 aliphatic rings. The lowest BCUT2D eigenvalue weighted by atomic mass is 9.85. The number of alkyl carbamates (subject to hydrolysis) is 1. The third-order valence-electron chi connectivity index (χ3n) is 13.3. The first kappa shape index (κ1) is 54.9. The van der Waals surface area contributed by atoms with Crippen LogP contribution in [0.25, 0.3) is 11.3 Å². The second-order valence-corrected chi connectivity index (χ2v) is 21.0. The SMILES string of the molecule is COC(=O)N[C@H](C(=O)N[C@@H](Cc1ccc(C#Cc2cnc(N3CC4CCC(C3)N4C3COC3)nc2)cc1)[C@@H](O)CN(Cc1c(F)cc(-c2ccn(C(F)F)n2)cc1F)NC(=O)[C@@H](NC(=O)O)C(C)(C)C)C(C)(C)C. The summed E-state index contributed by atoms with van der Waals surface area (Å²) in [5, 5.41) is 33.9. The molecular weight excluding hydrogens is 971 g/mol. The molecule has 74 heavy (non-hydrogen) atoms. The average Bonchev–Trinajstić information content (AvgIpc) is 3.91. The molecule has 4 amide bonds. The van der Waals surface area contributed by atoms with E-state index in [2.05, 4.69) is 58.1 Å². The number of aliphatic hydroxyl groups is 1. The zero-order chi connectivity index (χ0) is 53.6. The topological polar surface area (TPSA) is 229 Å². The summed E-state index contributed by atoms with van der Waals surface area (Å²) in [6, 6.07) is 7.38. The number of aromatic nitrogens is 4. The van der Waals surface area contributed by atoms with Crippen LogP contribution in [0.4, 0.5) is 33.1 Å². The number of benzene rings is 2. The number of hydrogen-bond acceptors (Lipinski definition) is 13. The van der Waals surface area contributed by atoms with Crippen molar-refractivity contribution in [1.29, 1.82) is 0 Å². The molecule has 2 aromatic heterocycles. The van der Waals surface area contributed by atoms with Crippen LogP contribution >= 0.6 is 0 Å². The lowest BCUT2D eigenvalue weighted by Gasteiger charge is -2.47. The van der Waals surface area contributed by atoms with E-state index in [9.17, 15) is 38.2 Å². The standard InChI is InChI=1S/C51H63F4N11O8/c1-50(2,3)42(60-49(72)73-7)44(68)58-40(18-30-11-8-29(9-12-30)10-13-31-21-56-47(57-22-31)63-23-33-14-15-34(24-63)66(33)35-27-74-28-35)41(67)26-64(62-45(69)43(51(4,5)6)59-48(70)71)25-36-37(52)19-32(20-38(36)53)39-16-17-65(61-39)46(54)55/h8-9,11-12,16-17,19-22,33-35,40-43,46,59,67H,14-15,18,23-28H2,1-7H3,(H,58,68)(H,60,72)(H,62,69)(H,70,71)/t33?,34?,40-,41-,42+,43+/m0/s1. The molecule has 3 fully saturated rings. The number of carbonyl (C=O) groups excluding carboxylic acids is 3. The summed E-state index contributed by atoms with van der Waals surface area (Å²) in [5.41, 5.74) is 1.46. The van der Waals surface area contributed by atoms with Crippen LogP contribution in [0.3, 0.4) is 0 Å². The summed E-state index contributed by atoms with van der Waals surface area (Å²) >= 11 is 0. The lowest BCUT2D eigenvalue weighted by Crippen LogP contribution is -2.62. The number of nitrogens with zero attached hydrogens (tertiary/aromatic N) is 7. The van der Waals surface area contributed by atoms with E-state index in [0.717, 1.165) is 75.7 Å². The van der Waals surface area contributed by atoms with E-state index in [1.165, 1.54) is 0 Å². The van der Waals surface area contributed by atoms with E-state index in [1.807, 2.05) is 0 Å². The minimum atomic E-state index is -3.00. The average molecular weight is 1030 g/mol. The monoisotopic (exact) mass is 1030 g/mol. The number of carboxylic acid groups (broad SMARTS) is 1. The first-order chi connectivity index (χ1) is 35.0. The van der Waals surface area contributed by atoms with Crippen LogP contribution in [0.15, 0.2) is 61.1 Å². The maximum absolute atomic E-state index is 16.0. The molecular formula is C51H63F4N11O8. The van der Waals surface area contributed by atoms with Crippen molar-refractivity contribution in [3.8, 4) is 23.1 Å². The molecule has 2 aromatic carbocycles. The van der Waals surface area contributed by atoms with Gasteiger partial charge >= 0.3 is 18.7 Å². The van der Waals surface area contributed by atoms with Crippen LogP contribution in [-0.4, -0.2) is 146 Å². The smallest absolute Gasteiger partial charge is 0.407 e. The molecule has 3 saturated heterocycles. The Morgan fingerprint density at radius 3 is 1.97 bits per heavy atom. The molecule has 5 heterocycles. The van der Waals surface area contributed by atoms with E-state index in [4.69, 9.17) is 9.47 Å². The highest BCUT2D eigenvalue weighted by Crippen LogP contribution is 2.35. The van der Waals surface area contributed by atoms with Gasteiger partial charge in [0.1, 0.15) is 23.7 Å². The number of piperazine rings is 1. The second-order valence-electron chi connectivity index (χ2n) is 21.0. The minimum absolute atomic E-state index is 0.0644. The first-order valence-electron chi connectivity index (χ1n) is 24.2. The summed E-state index contributed by atoms with van der Waals surface area (Å²) in [5.74, 6) is 2.88. The van der Waals surface area contributed by atoms with Crippen molar-refractivity contribution in [1.82, 2.24) is 51.0 Å². The van der Waals surface area contributed by atoms with Crippen LogP contribution in [0.1, 0.15) is 83.2 Å². The van der Waals surface area contributed by atoms with Crippen molar-refractivity contribution in [3.63, 3.8) is 0 Å². The Balaban J connectivity index is 1.12. The third-order valence-corrected chi connectivity index (χ3v) is 13.3. The number of aliphatic hydroxyl groups excluding tert-OH is 1. The van der Waals surface area contributed by atoms with Crippen molar-refractivity contribution >= 4 is 29.9 Å². The molecule has 4 aromatic rings. The number of rotatable bonds is 17. The predicted octanol–water partition coefficient (Wildman–Crippen LogP) is 4.84. The summed E-state index contributed by atoms with van der Waals surface area (Å²) in [4.78, 5) is 66.4. The van der Waals surface area contributed by atoms with Crippen molar-refractivity contribution in [3.05, 3.63) is 94.9 Å². The number of anilines is 1. The molecule has 23 heteroatoms. The fourth-order valence-electron chi connectivity index (χ4n) is 9.38. The Morgan fingerprint density at radius 2 is 1.45 bits per heavy atom. The van der Waals surface area contributed by atoms with E-state index in [1.54, 1.807) is 78.2 Å². The molecule has 398 valence electrons. The highest BCUT2D eigenvalue weighted by molar-refractivity contribution is 5.87. The Bertz CT molecular complexity index is 2660. The van der Waals surface area contributed by atoms with Gasteiger partial charge in [-0.3, -0.25) is 19.9 Å². The van der Waals surface area contributed by atoms with Gasteiger partial charge in [-0.25, -0.2) is 38.0 Å². The third kappa shape index (κ3) is 13.6. The van der Waals surface area contributed by atoms with E-state index in [-0.39, 0.29) is 17.7 Å². The molecule has 0 spiro atoms. The molecule has 0 aliphatic carbocycles. The fourth-order valence-corrected chi connectivity index (χ4v) is 9.38. The number of ether oxygens (including phenoxy) is 2. The Hall–Kier alpha value is -6.87. The number of fused-ring (bicyclic) bond motifs is 2. The number of amides is 4. The highest BCUT2D eigenvalue weighted by Gasteiger charge is 2.46. The van der Waals surface area contributed by atoms with Crippen molar-refractivity contribution in [2.24, 2.45) is 10.8 Å². The zero-order valence-corrected chi connectivity index (χ0v) is 42.2. The van der Waals surface area contributed by atoms with Crippen LogP contribution in [0.2, 0.25) is 0 Å². The van der Waals surface area contributed by atoms with Gasteiger partial charge in [0.2, 0.25) is 11.9 Å². The fraction of sp³-hybridized carbons (Fsp3) is 0.510. The maximum Gasteiger partial charge on any atom is 0.407 e. The minimum Gasteiger partial charge on any atom is -0.465 e. The number of halogens is 4. The maximum atomic E-state index is 16.0. The normalized spacial score (nSPS) is 18.6. The van der Waals surface area contributed by atoms with Gasteiger partial charge < -0.3 is 40.5 Å². The number of hydrogen-bond donors (Lipinski definition) is 6. The Labute approximate surface area is 426 Å². The van der Waals surface area contributed by atoms with E-state index < -0.39 is 95.9 Å². The number of carbonyl (C=O) groups is 4. The van der Waals surface area contributed by atoms with Crippen LogP contribution in [0.5, 0.6) is 0 Å². The Morgan fingerprint density at radius 1 is 0.851 bits per heavy atom. The zero-order valence-electron chi connectivity index (χ0n) is 42.2. The van der Waals surface area contributed by atoms with E-state index >= 15 is 8.78 Å². The lowest BCUT2D eigenvalue weighted by molar-refractivity contribution is -0.132. The summed E-state index contributed by atoms with van der Waals surface area (Å²) < 4.78 is 69.0. The van der Waals surface area contributed by atoms with Gasteiger partial charge in [-0.15, -0.1) is 0 Å². The molecule has 0 radical (unpaired) electrons. The molecule has 2 bridgehead atoms. The largest absolute Gasteiger partial charge is 0.465 e. The first-order valence-corrected chi connectivity index (χ1v) is 24.2. The van der Waals surface area contributed by atoms with Gasteiger partial charge in [-0.05, 0) is 66.0 Å². The van der Waals surface area contributed by atoms with Crippen LogP contribution in [0, 0.1) is 34.3 Å². The van der Waals surface area contributed by atoms with Crippen LogP contribution in [-0.2, 0) is 32.0 Å². The van der Waals surface area contributed by atoms with Gasteiger partial charge in [-0.1, -0.05) is 65.5 Å². The summed E-state index contributed by atoms with van der Waals surface area (Å²) in [6.07, 6.45) is 2.46. The number of hydrazine groups is 1. The highest BCUT2D eigenvalue weighted by atomic mass is 19.3. The number of methoxy groups -OCH3 is 1. The number of nitrogens with one attached hydrogen (secondary N) is 4. The molecule has 3 aliphatic heterocycles. The van der Waals surface area contributed by atoms with Crippen LogP contribution < -0.4 is 26.3 Å². The molecule has 7 rings (SSSR count). The van der Waals surface area contributed by atoms with Gasteiger partial charge in [0.05, 0.1) is 49.8 Å². The van der Waals surface area contributed by atoms with E-state index in [0.29, 0.717) is 45.4 Å². The number of alkyl halides is 2. The van der Waals surface area contributed by atoms with Gasteiger partial charge in [0.25, 0.3) is 5.91 Å². The second kappa shape index (κ2) is 23.1. The molecule has 6 atom stereocenters. The molecule has 0 saturated carbocycles. The molecule has 19 nitrogen and oxygen atoms in total. The van der Waals surface area contributed by atoms with Gasteiger partial charge in [0, 0.05) is 73.5 Å². The summed E-state index contributed by atoms with van der Waals surface area (Å²) in [7, 11) is 1.13. The van der Waals surface area contributed by atoms with Gasteiger partial charge in [0.15, 0.2) is 0 Å². The quantitative estimate of drug-likeness (QED) is 0.0473. The Kier molecular flexibility index (Phi) is 17.2. The van der Waals surface area contributed by atoms with Crippen molar-refractivity contribution < 1.29 is 56.4 Å². The summed E-state index contributed by atoms with van der Waals surface area (Å²) in [6.45, 7) is 8.73. The predicted molar refractivity (Wildman–Crippen MR) is 262 cm³/mol. The van der Waals surface area contributed by atoms with Crippen molar-refractivity contribution in [2.45, 2.75) is 116 Å².